The van der Waals surface area contributed by atoms with Gasteiger partial charge in [0.25, 0.3) is 5.56 Å². The lowest BCUT2D eigenvalue weighted by Gasteiger charge is -1.92. The Labute approximate surface area is 58.4 Å². The molecule has 3 heteroatoms. The van der Waals surface area contributed by atoms with Crippen LogP contribution in [0.1, 0.15) is 0 Å². The molecule has 10 heavy (non-hydrogen) atoms. The van der Waals surface area contributed by atoms with Crippen molar-refractivity contribution in [3.63, 3.8) is 0 Å². The molecule has 0 fully saturated rings. The summed E-state index contributed by atoms with van der Waals surface area (Å²) < 4.78 is 1.40. The molecule has 0 spiro atoms. The van der Waals surface area contributed by atoms with E-state index in [2.05, 4.69) is 0 Å². The van der Waals surface area contributed by atoms with Crippen molar-refractivity contribution >= 4 is 6.20 Å². The van der Waals surface area contributed by atoms with Crippen molar-refractivity contribution in [2.24, 2.45) is 5.73 Å². The second-order valence-corrected chi connectivity index (χ2v) is 1.79. The molecule has 0 aliphatic rings. The predicted octanol–water partition coefficient (Wildman–Crippen LogP) is 0.235. The fourth-order valence-corrected chi connectivity index (χ4v) is 0.656. The molecule has 0 atom stereocenters. The van der Waals surface area contributed by atoms with Crippen LogP contribution in [0.4, 0.5) is 0 Å². The fourth-order valence-electron chi connectivity index (χ4n) is 0.656. The van der Waals surface area contributed by atoms with Crippen molar-refractivity contribution in [3.05, 3.63) is 40.9 Å². The van der Waals surface area contributed by atoms with E-state index in [1.165, 1.54) is 23.0 Å². The van der Waals surface area contributed by atoms with E-state index in [1.807, 2.05) is 0 Å². The highest BCUT2D eigenvalue weighted by Gasteiger charge is 1.83. The van der Waals surface area contributed by atoms with Gasteiger partial charge in [0, 0.05) is 24.7 Å². The molecule has 0 saturated carbocycles. The van der Waals surface area contributed by atoms with Crippen molar-refractivity contribution < 1.29 is 0 Å². The predicted molar refractivity (Wildman–Crippen MR) is 40.2 cm³/mol. The highest BCUT2D eigenvalue weighted by molar-refractivity contribution is 5.20. The maximum atomic E-state index is 10.9. The van der Waals surface area contributed by atoms with Crippen LogP contribution in [0.25, 0.3) is 6.20 Å². The minimum Gasteiger partial charge on any atom is -0.403 e. The van der Waals surface area contributed by atoms with E-state index in [1.54, 1.807) is 18.3 Å². The van der Waals surface area contributed by atoms with Crippen LogP contribution in [-0.2, 0) is 0 Å². The van der Waals surface area contributed by atoms with Crippen molar-refractivity contribution in [1.29, 1.82) is 0 Å². The first kappa shape index (κ1) is 6.61. The van der Waals surface area contributed by atoms with Crippen LogP contribution in [0.15, 0.2) is 35.4 Å². The van der Waals surface area contributed by atoms with Gasteiger partial charge in [0.1, 0.15) is 0 Å². The number of nitrogens with two attached hydrogens (primary N) is 1. The summed E-state index contributed by atoms with van der Waals surface area (Å²) in [7, 11) is 0. The second-order valence-electron chi connectivity index (χ2n) is 1.79. The van der Waals surface area contributed by atoms with Gasteiger partial charge in [0.05, 0.1) is 0 Å². The monoisotopic (exact) mass is 136 g/mol. The summed E-state index contributed by atoms with van der Waals surface area (Å²) in [5, 5.41) is 0. The van der Waals surface area contributed by atoms with Gasteiger partial charge in [-0.2, -0.15) is 0 Å². The van der Waals surface area contributed by atoms with E-state index in [4.69, 9.17) is 5.73 Å². The topological polar surface area (TPSA) is 48.0 Å². The Morgan fingerprint density at radius 1 is 1.50 bits per heavy atom. The highest BCUT2D eigenvalue weighted by Crippen LogP contribution is 1.80. The van der Waals surface area contributed by atoms with E-state index in [9.17, 15) is 4.79 Å². The average molecular weight is 136 g/mol. The summed E-state index contributed by atoms with van der Waals surface area (Å²) in [6.07, 6.45) is 4.47. The lowest BCUT2D eigenvalue weighted by molar-refractivity contribution is 1.06. The minimum absolute atomic E-state index is 0.0794. The van der Waals surface area contributed by atoms with E-state index < -0.39 is 0 Å². The van der Waals surface area contributed by atoms with Crippen LogP contribution in [0.3, 0.4) is 0 Å². The summed E-state index contributed by atoms with van der Waals surface area (Å²) in [5.41, 5.74) is 5.01. The van der Waals surface area contributed by atoms with Crippen LogP contribution in [-0.4, -0.2) is 4.57 Å². The molecule has 1 aromatic rings. The molecule has 0 aliphatic heterocycles. The average Bonchev–Trinajstić information content (AvgIpc) is 1.94. The van der Waals surface area contributed by atoms with Gasteiger partial charge >= 0.3 is 0 Å². The lowest BCUT2D eigenvalue weighted by atomic mass is 10.5. The lowest BCUT2D eigenvalue weighted by Crippen LogP contribution is -2.12. The zero-order chi connectivity index (χ0) is 7.40. The largest absolute Gasteiger partial charge is 0.403 e. The molecule has 1 aromatic heterocycles. The number of aromatic nitrogens is 1. The quantitative estimate of drug-likeness (QED) is 0.601. The molecule has 1 rings (SSSR count). The van der Waals surface area contributed by atoms with Gasteiger partial charge in [0.15, 0.2) is 0 Å². The van der Waals surface area contributed by atoms with Gasteiger partial charge in [-0.1, -0.05) is 6.07 Å². The van der Waals surface area contributed by atoms with Crippen molar-refractivity contribution in [2.45, 2.75) is 0 Å². The molecule has 0 radical (unpaired) electrons. The Bertz CT molecular complexity index is 288. The molecular weight excluding hydrogens is 128 g/mol. The summed E-state index contributed by atoms with van der Waals surface area (Å²) in [6, 6.07) is 4.92. The number of pyridine rings is 1. The first-order valence-electron chi connectivity index (χ1n) is 2.90. The first-order chi connectivity index (χ1) is 4.84. The smallest absolute Gasteiger partial charge is 0.254 e. The van der Waals surface area contributed by atoms with E-state index in [-0.39, 0.29) is 5.56 Å². The molecule has 1 heterocycles. The molecule has 0 bridgehead atoms. The van der Waals surface area contributed by atoms with Gasteiger partial charge in [-0.05, 0) is 6.07 Å². The van der Waals surface area contributed by atoms with Crippen LogP contribution >= 0.6 is 0 Å². The van der Waals surface area contributed by atoms with Gasteiger partial charge in [-0.25, -0.2) is 0 Å². The van der Waals surface area contributed by atoms with E-state index >= 15 is 0 Å². The van der Waals surface area contributed by atoms with Gasteiger partial charge < -0.3 is 5.73 Å². The van der Waals surface area contributed by atoms with Crippen LogP contribution in [0.5, 0.6) is 0 Å². The standard InChI is InChI=1S/C7H8N2O/c8-4-6-9-5-2-1-3-7(9)10/h1-6H,8H2/b6-4-. The molecule has 2 N–H and O–H groups in total. The van der Waals surface area contributed by atoms with Crippen LogP contribution in [0, 0.1) is 0 Å². The Hall–Kier alpha value is -1.51. The third kappa shape index (κ3) is 1.25. The maximum absolute atomic E-state index is 10.9. The van der Waals surface area contributed by atoms with Crippen LogP contribution in [0.2, 0.25) is 0 Å². The van der Waals surface area contributed by atoms with Crippen molar-refractivity contribution in [2.75, 3.05) is 0 Å². The van der Waals surface area contributed by atoms with Crippen LogP contribution < -0.4 is 11.3 Å². The number of nitrogens with zero attached hydrogens (tertiary/aromatic N) is 1. The third-order valence-electron chi connectivity index (χ3n) is 1.10. The molecule has 52 valence electrons. The van der Waals surface area contributed by atoms with Gasteiger partial charge in [0.2, 0.25) is 0 Å². The summed E-state index contributed by atoms with van der Waals surface area (Å²) in [6.45, 7) is 0. The Kier molecular flexibility index (Phi) is 1.89. The zero-order valence-corrected chi connectivity index (χ0v) is 5.40. The maximum Gasteiger partial charge on any atom is 0.254 e. The highest BCUT2D eigenvalue weighted by atomic mass is 16.1. The summed E-state index contributed by atoms with van der Waals surface area (Å²) in [4.78, 5) is 10.9. The summed E-state index contributed by atoms with van der Waals surface area (Å²) >= 11 is 0. The molecule has 0 amide bonds. The Morgan fingerprint density at radius 3 is 2.90 bits per heavy atom. The second kappa shape index (κ2) is 2.87. The van der Waals surface area contributed by atoms with Crippen molar-refractivity contribution in [1.82, 2.24) is 4.57 Å². The molecule has 0 aliphatic carbocycles. The zero-order valence-electron chi connectivity index (χ0n) is 5.40. The SMILES string of the molecule is N/C=C\n1ccccc1=O. The Balaban J connectivity index is 3.16. The molecule has 0 unspecified atom stereocenters. The third-order valence-corrected chi connectivity index (χ3v) is 1.10. The first-order valence-corrected chi connectivity index (χ1v) is 2.90. The van der Waals surface area contributed by atoms with E-state index in [0.717, 1.165) is 0 Å². The molecular formula is C7H8N2O. The fraction of sp³-hybridized carbons (Fsp3) is 0. The van der Waals surface area contributed by atoms with Gasteiger partial charge in [-0.15, -0.1) is 0 Å². The molecule has 0 saturated heterocycles. The number of hydrogen-bond acceptors (Lipinski definition) is 2. The van der Waals surface area contributed by atoms with E-state index in [0.29, 0.717) is 0 Å². The summed E-state index contributed by atoms with van der Waals surface area (Å²) in [5.74, 6) is 0. The normalized spacial score (nSPS) is 10.4. The number of rotatable bonds is 1. The van der Waals surface area contributed by atoms with Crippen molar-refractivity contribution in [3.8, 4) is 0 Å². The molecule has 0 aromatic carbocycles. The Morgan fingerprint density at radius 2 is 2.30 bits per heavy atom. The van der Waals surface area contributed by atoms with Gasteiger partial charge in [-0.3, -0.25) is 9.36 Å². The molecule has 3 nitrogen and oxygen atoms in total. The number of hydrogen-bond donors (Lipinski definition) is 1. The minimum atomic E-state index is -0.0794.